The highest BCUT2D eigenvalue weighted by Crippen LogP contribution is 2.27. The van der Waals surface area contributed by atoms with Gasteiger partial charge in [-0.3, -0.25) is 0 Å². The quantitative estimate of drug-likeness (QED) is 0.709. The second kappa shape index (κ2) is 3.66. The third-order valence-corrected chi connectivity index (χ3v) is 2.30. The average Bonchev–Trinajstić information content (AvgIpc) is 2.80. The summed E-state index contributed by atoms with van der Waals surface area (Å²) < 4.78 is 5.61. The van der Waals surface area contributed by atoms with Crippen molar-refractivity contribution in [2.75, 3.05) is 0 Å². The number of nitrogens with one attached hydrogen (secondary N) is 1. The van der Waals surface area contributed by atoms with Crippen LogP contribution in [0.1, 0.15) is 0 Å². The number of aromatic nitrogens is 3. The minimum absolute atomic E-state index is 0.358. The highest BCUT2D eigenvalue weighted by Gasteiger charge is 2.04. The molecule has 0 amide bonds. The van der Waals surface area contributed by atoms with Crippen LogP contribution in [0.3, 0.4) is 0 Å². The maximum atomic E-state index is 5.61. The number of aromatic amines is 1. The Morgan fingerprint density at radius 1 is 1.00 bits per heavy atom. The Bertz CT molecular complexity index is 604. The Hall–Kier alpha value is -2.36. The monoisotopic (exact) mass is 211 g/mol. The van der Waals surface area contributed by atoms with Gasteiger partial charge in [0.25, 0.3) is 0 Å². The number of ether oxygens (including phenoxy) is 1. The normalized spacial score (nSPS) is 10.5. The topological polar surface area (TPSA) is 50.8 Å². The Morgan fingerprint density at radius 2 is 1.88 bits per heavy atom. The molecule has 0 spiro atoms. The van der Waals surface area contributed by atoms with E-state index in [1.165, 1.54) is 0 Å². The SMILES string of the molecule is c1cnc(Oc2cccc3[nH]ccc23)nc1. The van der Waals surface area contributed by atoms with Crippen molar-refractivity contribution < 1.29 is 4.74 Å². The third-order valence-electron chi connectivity index (χ3n) is 2.30. The van der Waals surface area contributed by atoms with Gasteiger partial charge in [0.15, 0.2) is 0 Å². The van der Waals surface area contributed by atoms with E-state index in [9.17, 15) is 0 Å². The van der Waals surface area contributed by atoms with E-state index in [-0.39, 0.29) is 0 Å². The molecule has 1 N–H and O–H groups in total. The zero-order valence-corrected chi connectivity index (χ0v) is 8.42. The maximum absolute atomic E-state index is 5.61. The minimum Gasteiger partial charge on any atom is -0.424 e. The van der Waals surface area contributed by atoms with E-state index in [1.54, 1.807) is 18.5 Å². The van der Waals surface area contributed by atoms with Gasteiger partial charge in [0.1, 0.15) is 5.75 Å². The lowest BCUT2D eigenvalue weighted by Gasteiger charge is -2.03. The fourth-order valence-corrected chi connectivity index (χ4v) is 1.58. The Kier molecular flexibility index (Phi) is 2.04. The molecule has 1 aromatic carbocycles. The average molecular weight is 211 g/mol. The van der Waals surface area contributed by atoms with Crippen LogP contribution in [0.15, 0.2) is 48.9 Å². The fraction of sp³-hybridized carbons (Fsp3) is 0. The smallest absolute Gasteiger partial charge is 0.321 e. The summed E-state index contributed by atoms with van der Waals surface area (Å²) in [4.78, 5) is 11.2. The largest absolute Gasteiger partial charge is 0.424 e. The van der Waals surface area contributed by atoms with Gasteiger partial charge in [-0.15, -0.1) is 0 Å². The van der Waals surface area contributed by atoms with Crippen LogP contribution in [0.2, 0.25) is 0 Å². The standard InChI is InChI=1S/C12H9N3O/c1-3-10-9(5-8-13-10)11(4-1)16-12-14-6-2-7-15-12/h1-8,13H. The summed E-state index contributed by atoms with van der Waals surface area (Å²) in [6.07, 6.45) is 5.18. The molecule has 0 aliphatic rings. The molecule has 0 unspecified atom stereocenters. The molecule has 2 heterocycles. The first kappa shape index (κ1) is 8.91. The van der Waals surface area contributed by atoms with Gasteiger partial charge in [-0.05, 0) is 24.3 Å². The van der Waals surface area contributed by atoms with Crippen molar-refractivity contribution in [3.8, 4) is 11.8 Å². The van der Waals surface area contributed by atoms with Gasteiger partial charge in [-0.2, -0.15) is 0 Å². The highest BCUT2D eigenvalue weighted by atomic mass is 16.5. The van der Waals surface area contributed by atoms with Crippen molar-refractivity contribution in [2.45, 2.75) is 0 Å². The van der Waals surface area contributed by atoms with Crippen molar-refractivity contribution in [1.82, 2.24) is 15.0 Å². The zero-order valence-electron chi connectivity index (χ0n) is 8.42. The van der Waals surface area contributed by atoms with Crippen LogP contribution in [0.25, 0.3) is 10.9 Å². The van der Waals surface area contributed by atoms with Crippen molar-refractivity contribution in [1.29, 1.82) is 0 Å². The molecule has 16 heavy (non-hydrogen) atoms. The van der Waals surface area contributed by atoms with Gasteiger partial charge in [0, 0.05) is 29.5 Å². The molecule has 0 radical (unpaired) electrons. The van der Waals surface area contributed by atoms with Gasteiger partial charge in [0.05, 0.1) is 0 Å². The molecule has 0 aliphatic carbocycles. The summed E-state index contributed by atoms with van der Waals surface area (Å²) in [7, 11) is 0. The molecule has 4 nitrogen and oxygen atoms in total. The van der Waals surface area contributed by atoms with Crippen molar-refractivity contribution in [3.05, 3.63) is 48.9 Å². The van der Waals surface area contributed by atoms with E-state index in [2.05, 4.69) is 15.0 Å². The number of nitrogens with zero attached hydrogens (tertiary/aromatic N) is 2. The Morgan fingerprint density at radius 3 is 2.75 bits per heavy atom. The maximum Gasteiger partial charge on any atom is 0.321 e. The van der Waals surface area contributed by atoms with Crippen LogP contribution in [0, 0.1) is 0 Å². The molecule has 0 saturated carbocycles. The van der Waals surface area contributed by atoms with Crippen LogP contribution in [0.4, 0.5) is 0 Å². The van der Waals surface area contributed by atoms with E-state index >= 15 is 0 Å². The summed E-state index contributed by atoms with van der Waals surface area (Å²) in [5, 5.41) is 1.02. The molecule has 3 aromatic rings. The summed E-state index contributed by atoms with van der Waals surface area (Å²) >= 11 is 0. The van der Waals surface area contributed by atoms with Crippen LogP contribution in [-0.4, -0.2) is 15.0 Å². The number of hydrogen-bond acceptors (Lipinski definition) is 3. The predicted octanol–water partition coefficient (Wildman–Crippen LogP) is 2.75. The molecule has 78 valence electrons. The van der Waals surface area contributed by atoms with Crippen LogP contribution in [0.5, 0.6) is 11.8 Å². The van der Waals surface area contributed by atoms with Gasteiger partial charge in [-0.1, -0.05) is 6.07 Å². The molecule has 3 rings (SSSR count). The first-order valence-corrected chi connectivity index (χ1v) is 4.94. The molecular weight excluding hydrogens is 202 g/mol. The molecule has 0 bridgehead atoms. The highest BCUT2D eigenvalue weighted by molar-refractivity contribution is 5.85. The van der Waals surface area contributed by atoms with E-state index in [0.717, 1.165) is 16.7 Å². The number of benzene rings is 1. The number of H-pyrrole nitrogens is 1. The fourth-order valence-electron chi connectivity index (χ4n) is 1.58. The summed E-state index contributed by atoms with van der Waals surface area (Å²) in [6, 6.07) is 9.89. The van der Waals surface area contributed by atoms with Crippen molar-refractivity contribution >= 4 is 10.9 Å². The number of rotatable bonds is 2. The van der Waals surface area contributed by atoms with Crippen LogP contribution in [-0.2, 0) is 0 Å². The predicted molar refractivity (Wildman–Crippen MR) is 60.4 cm³/mol. The molecule has 0 atom stereocenters. The lowest BCUT2D eigenvalue weighted by molar-refractivity contribution is 0.446. The molecule has 4 heteroatoms. The van der Waals surface area contributed by atoms with Gasteiger partial charge >= 0.3 is 6.01 Å². The van der Waals surface area contributed by atoms with Crippen molar-refractivity contribution in [3.63, 3.8) is 0 Å². The van der Waals surface area contributed by atoms with Crippen molar-refractivity contribution in [2.24, 2.45) is 0 Å². The summed E-state index contributed by atoms with van der Waals surface area (Å²) in [5.41, 5.74) is 1.04. The number of fused-ring (bicyclic) bond motifs is 1. The minimum atomic E-state index is 0.358. The first-order chi connectivity index (χ1) is 7.93. The molecule has 0 saturated heterocycles. The zero-order chi connectivity index (χ0) is 10.8. The van der Waals surface area contributed by atoms with E-state index in [4.69, 9.17) is 4.74 Å². The lowest BCUT2D eigenvalue weighted by atomic mass is 10.2. The van der Waals surface area contributed by atoms with E-state index in [1.807, 2.05) is 30.5 Å². The van der Waals surface area contributed by atoms with Gasteiger partial charge in [-0.25, -0.2) is 9.97 Å². The molecule has 0 aliphatic heterocycles. The van der Waals surface area contributed by atoms with E-state index < -0.39 is 0 Å². The number of hydrogen-bond donors (Lipinski definition) is 1. The second-order valence-electron chi connectivity index (χ2n) is 3.33. The Labute approximate surface area is 91.9 Å². The Balaban J connectivity index is 2.04. The molecule has 0 fully saturated rings. The molecular formula is C12H9N3O. The first-order valence-electron chi connectivity index (χ1n) is 4.94. The summed E-state index contributed by atoms with van der Waals surface area (Å²) in [5.74, 6) is 0.755. The van der Waals surface area contributed by atoms with Crippen LogP contribution >= 0.6 is 0 Å². The van der Waals surface area contributed by atoms with Gasteiger partial charge in [0.2, 0.25) is 0 Å². The third kappa shape index (κ3) is 1.50. The van der Waals surface area contributed by atoms with Crippen LogP contribution < -0.4 is 4.74 Å². The lowest BCUT2D eigenvalue weighted by Crippen LogP contribution is -1.90. The van der Waals surface area contributed by atoms with Gasteiger partial charge < -0.3 is 9.72 Å². The summed E-state index contributed by atoms with van der Waals surface area (Å²) in [6.45, 7) is 0. The molecule has 2 aromatic heterocycles. The van der Waals surface area contributed by atoms with E-state index in [0.29, 0.717) is 6.01 Å². The second-order valence-corrected chi connectivity index (χ2v) is 3.33.